The fourth-order valence-corrected chi connectivity index (χ4v) is 3.81. The van der Waals surface area contributed by atoms with Crippen molar-refractivity contribution in [3.63, 3.8) is 0 Å². The Morgan fingerprint density at radius 1 is 1.22 bits per heavy atom. The van der Waals surface area contributed by atoms with Crippen molar-refractivity contribution < 1.29 is 28.3 Å². The van der Waals surface area contributed by atoms with Gasteiger partial charge in [0.2, 0.25) is 17.7 Å². The molecule has 1 atom stereocenters. The van der Waals surface area contributed by atoms with Crippen LogP contribution in [0.15, 0.2) is 16.7 Å². The molecule has 0 spiro atoms. The average Bonchev–Trinajstić information content (AvgIpc) is 3.25. The number of nitrogens with zero attached hydrogens (tertiary/aromatic N) is 5. The quantitative estimate of drug-likeness (QED) is 0.560. The summed E-state index contributed by atoms with van der Waals surface area (Å²) in [5.41, 5.74) is 0.362. The van der Waals surface area contributed by atoms with E-state index in [1.807, 2.05) is 0 Å². The maximum atomic E-state index is 13.2. The Morgan fingerprint density at radius 2 is 2.03 bits per heavy atom. The van der Waals surface area contributed by atoms with Gasteiger partial charge in [0, 0.05) is 52.2 Å². The number of ether oxygens (including phenoxy) is 3. The zero-order valence-corrected chi connectivity index (χ0v) is 18.9. The molecule has 0 N–H and O–H groups in total. The lowest BCUT2D eigenvalue weighted by atomic mass is 10.0. The van der Waals surface area contributed by atoms with Gasteiger partial charge in [-0.1, -0.05) is 5.16 Å². The molecule has 3 heterocycles. The molecule has 11 nitrogen and oxygen atoms in total. The van der Waals surface area contributed by atoms with Crippen molar-refractivity contribution in [3.8, 4) is 11.8 Å². The van der Waals surface area contributed by atoms with Crippen LogP contribution in [0.4, 0.5) is 0 Å². The normalized spacial score (nSPS) is 16.0. The first-order valence-electron chi connectivity index (χ1n) is 10.4. The highest BCUT2D eigenvalue weighted by atomic mass is 16.5. The van der Waals surface area contributed by atoms with Gasteiger partial charge in [0.15, 0.2) is 5.82 Å². The molecule has 0 aromatic carbocycles. The zero-order chi connectivity index (χ0) is 23.1. The Labute approximate surface area is 186 Å². The molecule has 2 amide bonds. The third kappa shape index (κ3) is 5.52. The Hall–Kier alpha value is -3.21. The van der Waals surface area contributed by atoms with E-state index in [-0.39, 0.29) is 30.3 Å². The number of amides is 2. The molecule has 11 heteroatoms. The van der Waals surface area contributed by atoms with Crippen molar-refractivity contribution in [3.05, 3.63) is 29.4 Å². The molecule has 0 saturated carbocycles. The van der Waals surface area contributed by atoms with E-state index < -0.39 is 0 Å². The van der Waals surface area contributed by atoms with Gasteiger partial charge in [0.05, 0.1) is 14.2 Å². The second-order valence-electron chi connectivity index (χ2n) is 7.46. The Kier molecular flexibility index (Phi) is 7.98. The lowest BCUT2D eigenvalue weighted by Gasteiger charge is -2.39. The molecule has 174 valence electrons. The van der Waals surface area contributed by atoms with Gasteiger partial charge in [-0.3, -0.25) is 9.59 Å². The SMILES string of the molecule is COCc1nc(CCN(C(C)=O)C2CCCN(C(=O)c3ccc(OC)nc3OC)C2)no1. The predicted octanol–water partition coefficient (Wildman–Crippen LogP) is 1.32. The third-order valence-corrected chi connectivity index (χ3v) is 5.35. The van der Waals surface area contributed by atoms with Crippen LogP contribution in [0.1, 0.15) is 41.8 Å². The summed E-state index contributed by atoms with van der Waals surface area (Å²) in [5.74, 6) is 1.24. The van der Waals surface area contributed by atoms with Gasteiger partial charge >= 0.3 is 0 Å². The predicted molar refractivity (Wildman–Crippen MR) is 112 cm³/mol. The minimum absolute atomic E-state index is 0.0615. The summed E-state index contributed by atoms with van der Waals surface area (Å²) >= 11 is 0. The van der Waals surface area contributed by atoms with E-state index >= 15 is 0 Å². The van der Waals surface area contributed by atoms with E-state index in [1.165, 1.54) is 21.1 Å². The van der Waals surface area contributed by atoms with Gasteiger partial charge < -0.3 is 28.5 Å². The number of carbonyl (C=O) groups is 2. The topological polar surface area (TPSA) is 120 Å². The van der Waals surface area contributed by atoms with Gasteiger partial charge in [0.25, 0.3) is 11.8 Å². The summed E-state index contributed by atoms with van der Waals surface area (Å²) in [5, 5.41) is 3.93. The maximum Gasteiger partial charge on any atom is 0.259 e. The number of methoxy groups -OCH3 is 3. The molecule has 1 saturated heterocycles. The molecule has 2 aromatic rings. The van der Waals surface area contributed by atoms with Crippen LogP contribution in [0.3, 0.4) is 0 Å². The van der Waals surface area contributed by atoms with E-state index in [0.717, 1.165) is 12.8 Å². The molecule has 1 aliphatic rings. The van der Waals surface area contributed by atoms with Crippen LogP contribution in [0.2, 0.25) is 0 Å². The second-order valence-corrected chi connectivity index (χ2v) is 7.46. The zero-order valence-electron chi connectivity index (χ0n) is 18.9. The average molecular weight is 447 g/mol. The van der Waals surface area contributed by atoms with Gasteiger partial charge in [-0.25, -0.2) is 0 Å². The molecule has 2 aromatic heterocycles. The lowest BCUT2D eigenvalue weighted by Crippen LogP contribution is -2.51. The monoisotopic (exact) mass is 447 g/mol. The number of aromatic nitrogens is 3. The number of hydrogen-bond acceptors (Lipinski definition) is 9. The molecule has 3 rings (SSSR count). The highest BCUT2D eigenvalue weighted by Crippen LogP contribution is 2.24. The van der Waals surface area contributed by atoms with Crippen LogP contribution in [0.25, 0.3) is 0 Å². The highest BCUT2D eigenvalue weighted by molar-refractivity contribution is 5.96. The van der Waals surface area contributed by atoms with Crippen molar-refractivity contribution in [2.75, 3.05) is 41.0 Å². The Morgan fingerprint density at radius 3 is 2.72 bits per heavy atom. The van der Waals surface area contributed by atoms with E-state index in [4.69, 9.17) is 18.7 Å². The molecule has 32 heavy (non-hydrogen) atoms. The summed E-state index contributed by atoms with van der Waals surface area (Å²) in [6.45, 7) is 3.23. The first kappa shape index (κ1) is 23.5. The first-order valence-corrected chi connectivity index (χ1v) is 10.4. The minimum Gasteiger partial charge on any atom is -0.481 e. The minimum atomic E-state index is -0.187. The van der Waals surface area contributed by atoms with Crippen LogP contribution in [0, 0.1) is 0 Å². The van der Waals surface area contributed by atoms with E-state index in [1.54, 1.807) is 29.0 Å². The summed E-state index contributed by atoms with van der Waals surface area (Å²) in [6, 6.07) is 3.17. The van der Waals surface area contributed by atoms with Crippen molar-refractivity contribution in [2.24, 2.45) is 0 Å². The van der Waals surface area contributed by atoms with Crippen molar-refractivity contribution in [1.29, 1.82) is 0 Å². The van der Waals surface area contributed by atoms with E-state index in [9.17, 15) is 9.59 Å². The fourth-order valence-electron chi connectivity index (χ4n) is 3.81. The summed E-state index contributed by atoms with van der Waals surface area (Å²) < 4.78 is 20.5. The van der Waals surface area contributed by atoms with Crippen LogP contribution in [-0.2, 0) is 22.6 Å². The second kappa shape index (κ2) is 10.9. The van der Waals surface area contributed by atoms with Gasteiger partial charge in [0.1, 0.15) is 12.2 Å². The fraction of sp³-hybridized carbons (Fsp3) is 0.571. The molecule has 0 radical (unpaired) electrons. The molecule has 0 aliphatic carbocycles. The number of pyridine rings is 1. The van der Waals surface area contributed by atoms with Crippen LogP contribution in [0.5, 0.6) is 11.8 Å². The molecule has 1 fully saturated rings. The van der Waals surface area contributed by atoms with Crippen LogP contribution < -0.4 is 9.47 Å². The molecular formula is C21H29N5O6. The number of piperidine rings is 1. The third-order valence-electron chi connectivity index (χ3n) is 5.35. The molecule has 1 unspecified atom stereocenters. The summed E-state index contributed by atoms with van der Waals surface area (Å²) in [7, 11) is 4.52. The van der Waals surface area contributed by atoms with Crippen LogP contribution in [-0.4, -0.2) is 83.7 Å². The number of hydrogen-bond donors (Lipinski definition) is 0. The van der Waals surface area contributed by atoms with E-state index in [0.29, 0.717) is 49.2 Å². The van der Waals surface area contributed by atoms with Crippen molar-refractivity contribution in [1.82, 2.24) is 24.9 Å². The van der Waals surface area contributed by atoms with Gasteiger partial charge in [-0.15, -0.1) is 0 Å². The molecule has 1 aliphatic heterocycles. The summed E-state index contributed by atoms with van der Waals surface area (Å²) in [6.07, 6.45) is 2.04. The number of carbonyl (C=O) groups excluding carboxylic acids is 2. The van der Waals surface area contributed by atoms with Crippen molar-refractivity contribution in [2.45, 2.75) is 38.8 Å². The van der Waals surface area contributed by atoms with Crippen LogP contribution >= 0.6 is 0 Å². The van der Waals surface area contributed by atoms with Crippen molar-refractivity contribution >= 4 is 11.8 Å². The smallest absolute Gasteiger partial charge is 0.259 e. The lowest BCUT2D eigenvalue weighted by molar-refractivity contribution is -0.132. The standard InChI is InChI=1S/C21H29N5O6/c1-14(27)26(11-9-17-22-19(13-29-2)32-24-17)15-6-5-10-25(12-15)21(28)16-7-8-18(30-3)23-20(16)31-4/h7-8,15H,5-6,9-13H2,1-4H3. The highest BCUT2D eigenvalue weighted by Gasteiger charge is 2.31. The molecular weight excluding hydrogens is 418 g/mol. The number of likely N-dealkylation sites (tertiary alicyclic amines) is 1. The largest absolute Gasteiger partial charge is 0.481 e. The Bertz CT molecular complexity index is 933. The molecule has 0 bridgehead atoms. The van der Waals surface area contributed by atoms with Gasteiger partial charge in [-0.2, -0.15) is 9.97 Å². The summed E-state index contributed by atoms with van der Waals surface area (Å²) in [4.78, 5) is 37.5. The Balaban J connectivity index is 1.68. The maximum absolute atomic E-state index is 13.2. The number of rotatable bonds is 9. The van der Waals surface area contributed by atoms with E-state index in [2.05, 4.69) is 15.1 Å². The first-order chi connectivity index (χ1) is 15.5. The van der Waals surface area contributed by atoms with Gasteiger partial charge in [-0.05, 0) is 18.9 Å².